The Hall–Kier alpha value is -0.170. The summed E-state index contributed by atoms with van der Waals surface area (Å²) in [6, 6.07) is 3.31. The molecule has 0 saturated carbocycles. The van der Waals surface area contributed by atoms with Gasteiger partial charge in [-0.15, -0.1) is 0 Å². The minimum absolute atomic E-state index is 0.169. The second kappa shape index (κ2) is 3.69. The first-order valence-electron chi connectivity index (χ1n) is 3.12. The van der Waals surface area contributed by atoms with Crippen LogP contribution in [0.15, 0.2) is 16.6 Å². The van der Waals surface area contributed by atoms with Crippen molar-refractivity contribution in [3.63, 3.8) is 0 Å². The summed E-state index contributed by atoms with van der Waals surface area (Å²) >= 11 is 5.35. The van der Waals surface area contributed by atoms with Gasteiger partial charge in [0, 0.05) is 19.7 Å². The summed E-state index contributed by atoms with van der Waals surface area (Å²) in [4.78, 5) is 10.1. The van der Waals surface area contributed by atoms with Crippen LogP contribution in [-0.4, -0.2) is 4.92 Å². The van der Waals surface area contributed by atoms with Gasteiger partial charge in [-0.2, -0.15) is 0 Å². The van der Waals surface area contributed by atoms with E-state index in [1.807, 2.05) is 22.6 Å². The average molecular weight is 342 g/mol. The van der Waals surface area contributed by atoms with E-state index in [1.165, 1.54) is 0 Å². The number of benzene rings is 1. The van der Waals surface area contributed by atoms with Crippen molar-refractivity contribution in [3.8, 4) is 0 Å². The third-order valence-corrected chi connectivity index (χ3v) is 3.73. The van der Waals surface area contributed by atoms with E-state index in [9.17, 15) is 10.1 Å². The first-order chi connectivity index (χ1) is 5.52. The molecular formula is C7H5BrINO2. The van der Waals surface area contributed by atoms with Crippen LogP contribution in [0.25, 0.3) is 0 Å². The molecule has 0 unspecified atom stereocenters. The first kappa shape index (κ1) is 9.91. The zero-order valence-corrected chi connectivity index (χ0v) is 9.92. The van der Waals surface area contributed by atoms with Gasteiger partial charge in [0.1, 0.15) is 0 Å². The van der Waals surface area contributed by atoms with Gasteiger partial charge in [0.25, 0.3) is 5.69 Å². The Kier molecular flexibility index (Phi) is 3.05. The fourth-order valence-electron chi connectivity index (χ4n) is 0.832. The molecular weight excluding hydrogens is 337 g/mol. The van der Waals surface area contributed by atoms with Gasteiger partial charge >= 0.3 is 0 Å². The van der Waals surface area contributed by atoms with E-state index < -0.39 is 0 Å². The molecule has 1 aromatic carbocycles. The van der Waals surface area contributed by atoms with Crippen LogP contribution in [-0.2, 0) is 0 Å². The average Bonchev–Trinajstić information content (AvgIpc) is 1.96. The third-order valence-electron chi connectivity index (χ3n) is 1.44. The predicted octanol–water partition coefficient (Wildman–Crippen LogP) is 3.27. The zero-order chi connectivity index (χ0) is 9.30. The minimum Gasteiger partial charge on any atom is -0.258 e. The fourth-order valence-corrected chi connectivity index (χ4v) is 1.74. The van der Waals surface area contributed by atoms with Crippen LogP contribution in [0.1, 0.15) is 5.56 Å². The van der Waals surface area contributed by atoms with Crippen LogP contribution in [0, 0.1) is 20.6 Å². The molecule has 64 valence electrons. The van der Waals surface area contributed by atoms with Crippen LogP contribution in [0.3, 0.4) is 0 Å². The number of halogens is 2. The number of nitro benzene ring substituents is 1. The molecule has 0 aromatic heterocycles. The van der Waals surface area contributed by atoms with Gasteiger partial charge in [-0.25, -0.2) is 0 Å². The van der Waals surface area contributed by atoms with Gasteiger partial charge in [0.15, 0.2) is 0 Å². The molecule has 0 bridgehead atoms. The zero-order valence-electron chi connectivity index (χ0n) is 6.17. The fraction of sp³-hybridized carbons (Fsp3) is 0.143. The normalized spacial score (nSPS) is 9.92. The van der Waals surface area contributed by atoms with Crippen molar-refractivity contribution < 1.29 is 4.92 Å². The lowest BCUT2D eigenvalue weighted by Gasteiger charge is -1.99. The summed E-state index contributed by atoms with van der Waals surface area (Å²) in [6.45, 7) is 1.72. The monoisotopic (exact) mass is 341 g/mol. The molecule has 0 aliphatic heterocycles. The van der Waals surface area contributed by atoms with Gasteiger partial charge in [-0.1, -0.05) is 0 Å². The van der Waals surface area contributed by atoms with Crippen molar-refractivity contribution in [1.29, 1.82) is 0 Å². The maximum Gasteiger partial charge on any atom is 0.273 e. The molecule has 0 aliphatic rings. The SMILES string of the molecule is Cc1cc(Br)c(I)cc1[N+](=O)[O-]. The van der Waals surface area contributed by atoms with Crippen molar-refractivity contribution in [2.75, 3.05) is 0 Å². The first-order valence-corrected chi connectivity index (χ1v) is 4.99. The quantitative estimate of drug-likeness (QED) is 0.447. The molecule has 0 radical (unpaired) electrons. The standard InChI is InChI=1S/C7H5BrINO2/c1-4-2-5(8)6(9)3-7(4)10(11)12/h2-3H,1H3. The summed E-state index contributed by atoms with van der Waals surface area (Å²) in [5.74, 6) is 0. The Morgan fingerprint density at radius 3 is 2.67 bits per heavy atom. The molecule has 1 rings (SSSR count). The topological polar surface area (TPSA) is 43.1 Å². The van der Waals surface area contributed by atoms with Gasteiger partial charge in [-0.3, -0.25) is 10.1 Å². The van der Waals surface area contributed by atoms with Crippen molar-refractivity contribution in [2.24, 2.45) is 0 Å². The Labute approximate surface area is 91.6 Å². The number of aryl methyl sites for hydroxylation is 1. The number of rotatable bonds is 1. The smallest absolute Gasteiger partial charge is 0.258 e. The number of hydrogen-bond donors (Lipinski definition) is 0. The van der Waals surface area contributed by atoms with E-state index >= 15 is 0 Å². The van der Waals surface area contributed by atoms with Crippen LogP contribution < -0.4 is 0 Å². The third kappa shape index (κ3) is 1.95. The largest absolute Gasteiger partial charge is 0.273 e. The lowest BCUT2D eigenvalue weighted by Crippen LogP contribution is -1.92. The molecule has 0 N–H and O–H groups in total. The highest BCUT2D eigenvalue weighted by Crippen LogP contribution is 2.27. The second-order valence-corrected chi connectivity index (χ2v) is 4.33. The highest BCUT2D eigenvalue weighted by Gasteiger charge is 2.12. The van der Waals surface area contributed by atoms with Crippen molar-refractivity contribution in [3.05, 3.63) is 35.9 Å². The summed E-state index contributed by atoms with van der Waals surface area (Å²) in [6.07, 6.45) is 0. The molecule has 0 atom stereocenters. The van der Waals surface area contributed by atoms with Gasteiger partial charge in [0.2, 0.25) is 0 Å². The van der Waals surface area contributed by atoms with Crippen molar-refractivity contribution in [1.82, 2.24) is 0 Å². The van der Waals surface area contributed by atoms with Gasteiger partial charge in [0.05, 0.1) is 4.92 Å². The molecule has 0 saturated heterocycles. The summed E-state index contributed by atoms with van der Waals surface area (Å²) in [5.41, 5.74) is 0.842. The molecule has 0 spiro atoms. The van der Waals surface area contributed by atoms with Crippen LogP contribution in [0.4, 0.5) is 5.69 Å². The van der Waals surface area contributed by atoms with E-state index in [1.54, 1.807) is 19.1 Å². The molecule has 0 amide bonds. The van der Waals surface area contributed by atoms with E-state index in [0.29, 0.717) is 5.56 Å². The minimum atomic E-state index is -0.371. The maximum absolute atomic E-state index is 10.5. The van der Waals surface area contributed by atoms with Crippen molar-refractivity contribution in [2.45, 2.75) is 6.92 Å². The maximum atomic E-state index is 10.5. The van der Waals surface area contributed by atoms with Crippen LogP contribution >= 0.6 is 38.5 Å². The Morgan fingerprint density at radius 2 is 2.17 bits per heavy atom. The number of nitro groups is 1. The molecule has 3 nitrogen and oxygen atoms in total. The van der Waals surface area contributed by atoms with Crippen LogP contribution in [0.5, 0.6) is 0 Å². The Balaban J connectivity index is 3.33. The second-order valence-electron chi connectivity index (χ2n) is 2.31. The Morgan fingerprint density at radius 1 is 1.58 bits per heavy atom. The highest BCUT2D eigenvalue weighted by atomic mass is 127. The lowest BCUT2D eigenvalue weighted by atomic mass is 10.2. The molecule has 0 fully saturated rings. The molecule has 0 aliphatic carbocycles. The summed E-state index contributed by atoms with van der Waals surface area (Å²) in [5, 5.41) is 10.5. The van der Waals surface area contributed by atoms with E-state index in [-0.39, 0.29) is 10.6 Å². The molecule has 5 heteroatoms. The molecule has 0 heterocycles. The van der Waals surface area contributed by atoms with Crippen LogP contribution in [0.2, 0.25) is 0 Å². The lowest BCUT2D eigenvalue weighted by molar-refractivity contribution is -0.385. The van der Waals surface area contributed by atoms with Crippen molar-refractivity contribution >= 4 is 44.2 Å². The van der Waals surface area contributed by atoms with Gasteiger partial charge in [-0.05, 0) is 51.5 Å². The summed E-state index contributed by atoms with van der Waals surface area (Å²) < 4.78 is 1.75. The highest BCUT2D eigenvalue weighted by molar-refractivity contribution is 14.1. The van der Waals surface area contributed by atoms with E-state index in [0.717, 1.165) is 8.04 Å². The number of nitrogens with zero attached hydrogens (tertiary/aromatic N) is 1. The predicted molar refractivity (Wildman–Crippen MR) is 58.3 cm³/mol. The van der Waals surface area contributed by atoms with E-state index in [4.69, 9.17) is 0 Å². The number of hydrogen-bond acceptors (Lipinski definition) is 2. The van der Waals surface area contributed by atoms with Gasteiger partial charge < -0.3 is 0 Å². The molecule has 12 heavy (non-hydrogen) atoms. The van der Waals surface area contributed by atoms with E-state index in [2.05, 4.69) is 15.9 Å². The Bertz CT molecular complexity index is 340. The summed E-state index contributed by atoms with van der Waals surface area (Å²) in [7, 11) is 0. The molecule has 1 aromatic rings.